The summed E-state index contributed by atoms with van der Waals surface area (Å²) in [6.07, 6.45) is 1.59. The van der Waals surface area contributed by atoms with Gasteiger partial charge in [0.05, 0.1) is 12.8 Å². The molecule has 0 radical (unpaired) electrons. The summed E-state index contributed by atoms with van der Waals surface area (Å²) in [5.41, 5.74) is 4.05. The van der Waals surface area contributed by atoms with Crippen LogP contribution in [0.25, 0.3) is 21.7 Å². The van der Waals surface area contributed by atoms with Gasteiger partial charge in [-0.25, -0.2) is 5.43 Å². The zero-order valence-corrected chi connectivity index (χ0v) is 16.4. The van der Waals surface area contributed by atoms with Gasteiger partial charge >= 0.3 is 5.91 Å². The Balaban J connectivity index is 1.43. The Labute approximate surface area is 169 Å². The average Bonchev–Trinajstić information content (AvgIpc) is 3.18. The third-order valence-corrected chi connectivity index (χ3v) is 4.49. The first-order valence-electron chi connectivity index (χ1n) is 9.58. The second kappa shape index (κ2) is 8.19. The van der Waals surface area contributed by atoms with Crippen LogP contribution in [-0.2, 0) is 0 Å². The van der Waals surface area contributed by atoms with Gasteiger partial charge in [-0.15, -0.1) is 0 Å². The number of carbonyl (C=O) groups is 1. The standard InChI is InChI=1S/C24H22N2O3/c1-16(2)15-28-19-10-7-17(8-11-19)14-25-26-24(27)23-13-21-20-6-4-3-5-18(20)9-12-22(21)29-23/h3-14,16H,15H2,1-2H3,(H,26,27)/b25-14+. The van der Waals surface area contributed by atoms with Crippen molar-refractivity contribution in [3.63, 3.8) is 0 Å². The highest BCUT2D eigenvalue weighted by Gasteiger charge is 2.13. The minimum Gasteiger partial charge on any atom is -0.493 e. The average molecular weight is 386 g/mol. The number of nitrogens with one attached hydrogen (secondary N) is 1. The van der Waals surface area contributed by atoms with Gasteiger partial charge < -0.3 is 9.15 Å². The smallest absolute Gasteiger partial charge is 0.307 e. The van der Waals surface area contributed by atoms with Gasteiger partial charge in [0, 0.05) is 5.39 Å². The molecule has 1 heterocycles. The van der Waals surface area contributed by atoms with E-state index in [1.54, 1.807) is 12.3 Å². The second-order valence-electron chi connectivity index (χ2n) is 7.28. The lowest BCUT2D eigenvalue weighted by Gasteiger charge is -2.08. The number of ether oxygens (including phenoxy) is 1. The number of hydrazone groups is 1. The van der Waals surface area contributed by atoms with Gasteiger partial charge in [0.15, 0.2) is 5.76 Å². The second-order valence-corrected chi connectivity index (χ2v) is 7.28. The molecule has 29 heavy (non-hydrogen) atoms. The summed E-state index contributed by atoms with van der Waals surface area (Å²) in [6.45, 7) is 4.89. The van der Waals surface area contributed by atoms with Crippen LogP contribution in [0.4, 0.5) is 0 Å². The zero-order valence-electron chi connectivity index (χ0n) is 16.4. The van der Waals surface area contributed by atoms with E-state index >= 15 is 0 Å². The first-order valence-corrected chi connectivity index (χ1v) is 9.58. The summed E-state index contributed by atoms with van der Waals surface area (Å²) in [4.78, 5) is 12.4. The molecule has 1 N–H and O–H groups in total. The van der Waals surface area contributed by atoms with Crippen LogP contribution < -0.4 is 10.2 Å². The molecule has 1 aromatic heterocycles. The van der Waals surface area contributed by atoms with Gasteiger partial charge in [-0.2, -0.15) is 5.10 Å². The molecular formula is C24H22N2O3. The van der Waals surface area contributed by atoms with E-state index in [1.165, 1.54) is 0 Å². The van der Waals surface area contributed by atoms with Gasteiger partial charge in [-0.1, -0.05) is 44.2 Å². The van der Waals surface area contributed by atoms with Crippen molar-refractivity contribution < 1.29 is 13.9 Å². The molecule has 0 bridgehead atoms. The molecule has 4 aromatic rings. The molecule has 0 spiro atoms. The zero-order chi connectivity index (χ0) is 20.2. The van der Waals surface area contributed by atoms with Crippen LogP contribution in [0.3, 0.4) is 0 Å². The fourth-order valence-electron chi connectivity index (χ4n) is 3.04. The number of fused-ring (bicyclic) bond motifs is 3. The summed E-state index contributed by atoms with van der Waals surface area (Å²) in [5, 5.41) is 7.10. The van der Waals surface area contributed by atoms with Gasteiger partial charge in [-0.3, -0.25) is 4.79 Å². The quantitative estimate of drug-likeness (QED) is 0.357. The summed E-state index contributed by atoms with van der Waals surface area (Å²) in [6, 6.07) is 21.2. The van der Waals surface area contributed by atoms with E-state index < -0.39 is 5.91 Å². The number of nitrogens with zero attached hydrogens (tertiary/aromatic N) is 1. The summed E-state index contributed by atoms with van der Waals surface area (Å²) < 4.78 is 11.4. The highest BCUT2D eigenvalue weighted by atomic mass is 16.5. The molecule has 4 rings (SSSR count). The van der Waals surface area contributed by atoms with E-state index in [1.807, 2.05) is 60.7 Å². The summed E-state index contributed by atoms with van der Waals surface area (Å²) >= 11 is 0. The highest BCUT2D eigenvalue weighted by molar-refractivity contribution is 6.08. The summed E-state index contributed by atoms with van der Waals surface area (Å²) in [5.74, 6) is 1.13. The number of furan rings is 1. The van der Waals surface area contributed by atoms with Crippen molar-refractivity contribution in [2.24, 2.45) is 11.0 Å². The third-order valence-electron chi connectivity index (χ3n) is 4.49. The van der Waals surface area contributed by atoms with Gasteiger partial charge in [-0.05, 0) is 58.7 Å². The molecule has 146 valence electrons. The molecule has 0 aliphatic carbocycles. The number of rotatable bonds is 6. The predicted molar refractivity (Wildman–Crippen MR) is 116 cm³/mol. The fraction of sp³-hybridized carbons (Fsp3) is 0.167. The largest absolute Gasteiger partial charge is 0.493 e. The first-order chi connectivity index (χ1) is 14.1. The molecular weight excluding hydrogens is 364 g/mol. The van der Waals surface area contributed by atoms with Crippen molar-refractivity contribution >= 4 is 33.9 Å². The van der Waals surface area contributed by atoms with Gasteiger partial charge in [0.25, 0.3) is 0 Å². The molecule has 0 saturated carbocycles. The minimum atomic E-state index is -0.390. The normalized spacial score (nSPS) is 11.6. The van der Waals surface area contributed by atoms with Gasteiger partial charge in [0.2, 0.25) is 0 Å². The van der Waals surface area contributed by atoms with Crippen molar-refractivity contribution in [3.05, 3.63) is 78.1 Å². The molecule has 1 amide bonds. The highest BCUT2D eigenvalue weighted by Crippen LogP contribution is 2.28. The molecule has 0 fully saturated rings. The van der Waals surface area contributed by atoms with Crippen LogP contribution in [0.1, 0.15) is 30.0 Å². The van der Waals surface area contributed by atoms with Crippen LogP contribution in [0.2, 0.25) is 0 Å². The number of hydrogen-bond acceptors (Lipinski definition) is 4. The molecule has 5 heteroatoms. The van der Waals surface area contributed by atoms with Crippen molar-refractivity contribution in [1.29, 1.82) is 0 Å². The van der Waals surface area contributed by atoms with Crippen molar-refractivity contribution in [3.8, 4) is 5.75 Å². The third kappa shape index (κ3) is 4.29. The lowest BCUT2D eigenvalue weighted by Crippen LogP contribution is -2.16. The summed E-state index contributed by atoms with van der Waals surface area (Å²) in [7, 11) is 0. The van der Waals surface area contributed by atoms with E-state index in [2.05, 4.69) is 24.4 Å². The maximum absolute atomic E-state index is 12.4. The molecule has 3 aromatic carbocycles. The Kier molecular flexibility index (Phi) is 5.29. The fourth-order valence-corrected chi connectivity index (χ4v) is 3.04. The Bertz CT molecular complexity index is 1170. The van der Waals surface area contributed by atoms with Crippen LogP contribution >= 0.6 is 0 Å². The maximum atomic E-state index is 12.4. The lowest BCUT2D eigenvalue weighted by atomic mass is 10.1. The monoisotopic (exact) mass is 386 g/mol. The number of benzene rings is 3. The van der Waals surface area contributed by atoms with Crippen molar-refractivity contribution in [2.45, 2.75) is 13.8 Å². The van der Waals surface area contributed by atoms with Crippen LogP contribution in [-0.4, -0.2) is 18.7 Å². The van der Waals surface area contributed by atoms with Gasteiger partial charge in [0.1, 0.15) is 11.3 Å². The molecule has 0 atom stereocenters. The van der Waals surface area contributed by atoms with Crippen LogP contribution in [0, 0.1) is 5.92 Å². The number of hydrogen-bond donors (Lipinski definition) is 1. The Morgan fingerprint density at radius 3 is 2.66 bits per heavy atom. The van der Waals surface area contributed by atoms with Crippen molar-refractivity contribution in [1.82, 2.24) is 5.43 Å². The number of carbonyl (C=O) groups excluding carboxylic acids is 1. The Hall–Kier alpha value is -3.60. The Morgan fingerprint density at radius 1 is 1.07 bits per heavy atom. The molecule has 0 saturated heterocycles. The minimum absolute atomic E-state index is 0.228. The van der Waals surface area contributed by atoms with E-state index in [9.17, 15) is 4.79 Å². The predicted octanol–water partition coefficient (Wildman–Crippen LogP) is 5.38. The van der Waals surface area contributed by atoms with E-state index in [4.69, 9.17) is 9.15 Å². The van der Waals surface area contributed by atoms with E-state index in [0.29, 0.717) is 18.1 Å². The molecule has 0 aliphatic rings. The van der Waals surface area contributed by atoms with Crippen molar-refractivity contribution in [2.75, 3.05) is 6.61 Å². The van der Waals surface area contributed by atoms with Crippen LogP contribution in [0.5, 0.6) is 5.75 Å². The molecule has 0 aliphatic heterocycles. The first kappa shape index (κ1) is 18.7. The van der Waals surface area contributed by atoms with Crippen LogP contribution in [0.15, 0.2) is 76.2 Å². The lowest BCUT2D eigenvalue weighted by molar-refractivity contribution is 0.0929. The number of amides is 1. The molecule has 0 unspecified atom stereocenters. The topological polar surface area (TPSA) is 63.8 Å². The SMILES string of the molecule is CC(C)COc1ccc(/C=N/NC(=O)c2cc3c(ccc4ccccc43)o2)cc1. The van der Waals surface area contributed by atoms with E-state index in [0.717, 1.165) is 27.5 Å². The Morgan fingerprint density at radius 2 is 1.86 bits per heavy atom. The maximum Gasteiger partial charge on any atom is 0.307 e. The van der Waals surface area contributed by atoms with E-state index in [-0.39, 0.29) is 5.76 Å². The molecule has 5 nitrogen and oxygen atoms in total.